The van der Waals surface area contributed by atoms with E-state index in [-0.39, 0.29) is 11.0 Å². The summed E-state index contributed by atoms with van der Waals surface area (Å²) in [6.45, 7) is 0. The van der Waals surface area contributed by atoms with Gasteiger partial charge in [0.15, 0.2) is 5.11 Å². The number of hydrogen-bond donors (Lipinski definition) is 2. The number of benzene rings is 1. The summed E-state index contributed by atoms with van der Waals surface area (Å²) in [6, 6.07) is 9.92. The lowest BCUT2D eigenvalue weighted by atomic mass is 10.2. The van der Waals surface area contributed by atoms with Crippen LogP contribution in [0.2, 0.25) is 0 Å². The monoisotopic (exact) mass is 340 g/mol. The Bertz CT molecular complexity index is 717. The number of ether oxygens (including phenoxy) is 1. The highest BCUT2D eigenvalue weighted by Gasteiger charge is 2.32. The van der Waals surface area contributed by atoms with Gasteiger partial charge in [0.25, 0.3) is 0 Å². The van der Waals surface area contributed by atoms with Crippen molar-refractivity contribution in [1.82, 2.24) is 10.4 Å². The van der Waals surface area contributed by atoms with Gasteiger partial charge in [0.05, 0.1) is 6.21 Å². The van der Waals surface area contributed by atoms with Crippen LogP contribution in [0, 0.1) is 0 Å². The summed E-state index contributed by atoms with van der Waals surface area (Å²) < 4.78 is 43.0. The molecule has 1 heterocycles. The zero-order valence-corrected chi connectivity index (χ0v) is 12.4. The second-order valence-electron chi connectivity index (χ2n) is 4.26. The van der Waals surface area contributed by atoms with E-state index in [0.29, 0.717) is 5.75 Å². The normalized spacial score (nSPS) is 11.4. The van der Waals surface area contributed by atoms with Crippen LogP contribution in [0.15, 0.2) is 47.6 Å². The van der Waals surface area contributed by atoms with Gasteiger partial charge in [-0.15, -0.1) is 0 Å². The van der Waals surface area contributed by atoms with Crippen molar-refractivity contribution in [3.63, 3.8) is 0 Å². The van der Waals surface area contributed by atoms with Gasteiger partial charge >= 0.3 is 6.18 Å². The molecule has 0 aliphatic carbocycles. The molecule has 0 spiro atoms. The minimum absolute atomic E-state index is 0.0387. The summed E-state index contributed by atoms with van der Waals surface area (Å²) >= 11 is 4.59. The number of halogens is 3. The smallest absolute Gasteiger partial charge is 0.433 e. The SMILES string of the molecule is NC(=S)NN=Cc1ccc(Oc2cccc(C(F)(F)F)n2)cc1. The first kappa shape index (κ1) is 16.7. The number of nitrogens with zero attached hydrogens (tertiary/aromatic N) is 2. The molecule has 1 aromatic carbocycles. The topological polar surface area (TPSA) is 72.5 Å². The maximum atomic E-state index is 12.6. The molecule has 120 valence electrons. The molecule has 23 heavy (non-hydrogen) atoms. The Labute approximate surface area is 135 Å². The first-order valence-electron chi connectivity index (χ1n) is 6.25. The molecule has 0 saturated heterocycles. The first-order valence-corrected chi connectivity index (χ1v) is 6.66. The third-order valence-corrected chi connectivity index (χ3v) is 2.60. The van der Waals surface area contributed by atoms with Gasteiger partial charge in [0, 0.05) is 6.07 Å². The lowest BCUT2D eigenvalue weighted by molar-refractivity contribution is -0.141. The van der Waals surface area contributed by atoms with E-state index < -0.39 is 11.9 Å². The summed E-state index contributed by atoms with van der Waals surface area (Å²) in [5.41, 5.74) is 7.32. The van der Waals surface area contributed by atoms with Gasteiger partial charge in [0.2, 0.25) is 5.88 Å². The third kappa shape index (κ3) is 5.22. The molecule has 0 radical (unpaired) electrons. The number of hydrazone groups is 1. The number of nitrogens with one attached hydrogen (secondary N) is 1. The zero-order valence-electron chi connectivity index (χ0n) is 11.5. The standard InChI is InChI=1S/C14H11F3N4OS/c15-14(16,17)11-2-1-3-12(20-11)22-10-6-4-9(5-7-10)8-19-21-13(18)23/h1-8H,(H3,18,21,23). The van der Waals surface area contributed by atoms with Crippen LogP contribution in [-0.4, -0.2) is 16.3 Å². The molecule has 3 N–H and O–H groups in total. The average Bonchev–Trinajstić information content (AvgIpc) is 2.48. The molecule has 0 aliphatic heterocycles. The van der Waals surface area contributed by atoms with Crippen LogP contribution in [0.4, 0.5) is 13.2 Å². The van der Waals surface area contributed by atoms with Crippen LogP contribution in [0.3, 0.4) is 0 Å². The van der Waals surface area contributed by atoms with Crippen LogP contribution in [0.5, 0.6) is 11.6 Å². The van der Waals surface area contributed by atoms with Crippen LogP contribution in [-0.2, 0) is 6.18 Å². The van der Waals surface area contributed by atoms with Crippen molar-refractivity contribution in [2.75, 3.05) is 0 Å². The van der Waals surface area contributed by atoms with Crippen molar-refractivity contribution >= 4 is 23.5 Å². The Morgan fingerprint density at radius 2 is 1.91 bits per heavy atom. The fourth-order valence-electron chi connectivity index (χ4n) is 1.54. The zero-order chi connectivity index (χ0) is 16.9. The molecule has 0 amide bonds. The molecule has 0 atom stereocenters. The minimum atomic E-state index is -4.52. The van der Waals surface area contributed by atoms with Gasteiger partial charge in [-0.25, -0.2) is 4.98 Å². The molecule has 5 nitrogen and oxygen atoms in total. The highest BCUT2D eigenvalue weighted by molar-refractivity contribution is 7.80. The second kappa shape index (κ2) is 7.05. The summed E-state index contributed by atoms with van der Waals surface area (Å²) in [5, 5.41) is 3.81. The van der Waals surface area contributed by atoms with Crippen LogP contribution in [0.1, 0.15) is 11.3 Å². The summed E-state index contributed by atoms with van der Waals surface area (Å²) in [7, 11) is 0. The van der Waals surface area contributed by atoms with E-state index in [1.54, 1.807) is 24.3 Å². The number of pyridine rings is 1. The van der Waals surface area contributed by atoms with E-state index in [1.165, 1.54) is 18.3 Å². The van der Waals surface area contributed by atoms with E-state index in [0.717, 1.165) is 11.6 Å². The van der Waals surface area contributed by atoms with Gasteiger partial charge in [-0.05, 0) is 48.1 Å². The number of hydrogen-bond acceptors (Lipinski definition) is 4. The van der Waals surface area contributed by atoms with Crippen molar-refractivity contribution in [2.45, 2.75) is 6.18 Å². The largest absolute Gasteiger partial charge is 0.439 e. The molecule has 0 aliphatic rings. The minimum Gasteiger partial charge on any atom is -0.439 e. The lowest BCUT2D eigenvalue weighted by Gasteiger charge is -2.08. The predicted molar refractivity (Wildman–Crippen MR) is 83.3 cm³/mol. The molecule has 0 unspecified atom stereocenters. The molecular formula is C14H11F3N4OS. The van der Waals surface area contributed by atoms with E-state index in [2.05, 4.69) is 27.7 Å². The Kier molecular flexibility index (Phi) is 5.12. The second-order valence-corrected chi connectivity index (χ2v) is 4.70. The number of nitrogens with two attached hydrogens (primary N) is 1. The van der Waals surface area contributed by atoms with Crippen molar-refractivity contribution in [3.8, 4) is 11.6 Å². The van der Waals surface area contributed by atoms with Gasteiger partial charge in [-0.3, -0.25) is 5.43 Å². The van der Waals surface area contributed by atoms with Crippen LogP contribution in [0.25, 0.3) is 0 Å². The number of rotatable bonds is 4. The Hall–Kier alpha value is -2.68. The van der Waals surface area contributed by atoms with Gasteiger partial charge in [-0.2, -0.15) is 18.3 Å². The highest BCUT2D eigenvalue weighted by atomic mass is 32.1. The van der Waals surface area contributed by atoms with Gasteiger partial charge in [0.1, 0.15) is 11.4 Å². The van der Waals surface area contributed by atoms with Crippen molar-refractivity contribution in [1.29, 1.82) is 0 Å². The number of alkyl halides is 3. The van der Waals surface area contributed by atoms with E-state index in [4.69, 9.17) is 10.5 Å². The summed E-state index contributed by atoms with van der Waals surface area (Å²) in [4.78, 5) is 3.42. The van der Waals surface area contributed by atoms with Crippen molar-refractivity contribution in [2.24, 2.45) is 10.8 Å². The molecule has 0 saturated carbocycles. The fraction of sp³-hybridized carbons (Fsp3) is 0.0714. The summed E-state index contributed by atoms with van der Waals surface area (Å²) in [5.74, 6) is 0.202. The van der Waals surface area contributed by atoms with E-state index in [1.807, 2.05) is 0 Å². The van der Waals surface area contributed by atoms with Gasteiger partial charge in [-0.1, -0.05) is 6.07 Å². The molecule has 2 rings (SSSR count). The lowest BCUT2D eigenvalue weighted by Crippen LogP contribution is -2.23. The maximum absolute atomic E-state index is 12.6. The van der Waals surface area contributed by atoms with Crippen LogP contribution >= 0.6 is 12.2 Å². The number of aromatic nitrogens is 1. The third-order valence-electron chi connectivity index (χ3n) is 2.50. The molecule has 1 aromatic heterocycles. The van der Waals surface area contributed by atoms with Crippen LogP contribution < -0.4 is 15.9 Å². The van der Waals surface area contributed by atoms with Crippen molar-refractivity contribution in [3.05, 3.63) is 53.7 Å². The Morgan fingerprint density at radius 1 is 1.22 bits per heavy atom. The molecule has 9 heteroatoms. The average molecular weight is 340 g/mol. The molecular weight excluding hydrogens is 329 g/mol. The molecule has 0 fully saturated rings. The van der Waals surface area contributed by atoms with Crippen molar-refractivity contribution < 1.29 is 17.9 Å². The highest BCUT2D eigenvalue weighted by Crippen LogP contribution is 2.29. The predicted octanol–water partition coefficient (Wildman–Crippen LogP) is 3.06. The summed E-state index contributed by atoms with van der Waals surface area (Å²) in [6.07, 6.45) is -3.04. The number of thiocarbonyl (C=S) groups is 1. The fourth-order valence-corrected chi connectivity index (χ4v) is 1.60. The quantitative estimate of drug-likeness (QED) is 0.508. The first-order chi connectivity index (χ1) is 10.8. The molecule has 2 aromatic rings. The maximum Gasteiger partial charge on any atom is 0.433 e. The van der Waals surface area contributed by atoms with E-state index >= 15 is 0 Å². The van der Waals surface area contributed by atoms with E-state index in [9.17, 15) is 13.2 Å². The molecule has 0 bridgehead atoms. The van der Waals surface area contributed by atoms with Gasteiger partial charge < -0.3 is 10.5 Å². The Balaban J connectivity index is 2.06. The Morgan fingerprint density at radius 3 is 2.52 bits per heavy atom.